The van der Waals surface area contributed by atoms with Crippen molar-refractivity contribution in [2.75, 3.05) is 13.7 Å². The summed E-state index contributed by atoms with van der Waals surface area (Å²) in [5.41, 5.74) is 1.53. The van der Waals surface area contributed by atoms with Gasteiger partial charge in [-0.25, -0.2) is 14.8 Å². The van der Waals surface area contributed by atoms with E-state index in [9.17, 15) is 4.79 Å². The fraction of sp³-hybridized carbons (Fsp3) is 0.364. The fourth-order valence-corrected chi connectivity index (χ4v) is 1.53. The number of fused-ring (bicyclic) bond motifs is 1. The Bertz CT molecular complexity index is 562. The number of aryl methyl sites for hydroxylation is 1. The maximum absolute atomic E-state index is 11.5. The minimum atomic E-state index is -0.448. The first-order valence-corrected chi connectivity index (χ1v) is 5.23. The molecule has 0 N–H and O–H groups in total. The van der Waals surface area contributed by atoms with Gasteiger partial charge < -0.3 is 9.47 Å². The number of hydrogen-bond donors (Lipinski definition) is 0. The highest BCUT2D eigenvalue weighted by Crippen LogP contribution is 2.17. The molecule has 0 fully saturated rings. The molecule has 0 saturated heterocycles. The molecule has 0 spiro atoms. The Morgan fingerprint density at radius 2 is 2.18 bits per heavy atom. The Morgan fingerprint density at radius 1 is 1.41 bits per heavy atom. The summed E-state index contributed by atoms with van der Waals surface area (Å²) in [4.78, 5) is 19.9. The number of nitrogens with zero attached hydrogens (tertiary/aromatic N) is 3. The summed E-state index contributed by atoms with van der Waals surface area (Å²) in [6.07, 6.45) is 3.37. The lowest BCUT2D eigenvalue weighted by Gasteiger charge is -2.01. The number of ether oxygens (including phenoxy) is 2. The first-order valence-electron chi connectivity index (χ1n) is 5.23. The van der Waals surface area contributed by atoms with Gasteiger partial charge in [-0.3, -0.25) is 4.40 Å². The molecule has 0 bridgehead atoms. The molecule has 2 heterocycles. The van der Waals surface area contributed by atoms with E-state index in [1.54, 1.807) is 23.7 Å². The van der Waals surface area contributed by atoms with E-state index in [1.165, 1.54) is 7.11 Å². The van der Waals surface area contributed by atoms with Crippen molar-refractivity contribution in [3.05, 3.63) is 23.8 Å². The van der Waals surface area contributed by atoms with Gasteiger partial charge in [-0.05, 0) is 13.8 Å². The zero-order chi connectivity index (χ0) is 12.4. The van der Waals surface area contributed by atoms with E-state index in [1.807, 2.05) is 6.92 Å². The second-order valence-corrected chi connectivity index (χ2v) is 3.47. The highest BCUT2D eigenvalue weighted by Gasteiger charge is 2.15. The zero-order valence-electron chi connectivity index (χ0n) is 9.93. The highest BCUT2D eigenvalue weighted by atomic mass is 16.5. The summed E-state index contributed by atoms with van der Waals surface area (Å²) in [5.74, 6) is -0.0588. The summed E-state index contributed by atoms with van der Waals surface area (Å²) in [7, 11) is 1.51. The number of aromatic nitrogens is 3. The summed E-state index contributed by atoms with van der Waals surface area (Å²) in [6.45, 7) is 3.91. The van der Waals surface area contributed by atoms with Gasteiger partial charge in [0.2, 0.25) is 5.65 Å². The summed E-state index contributed by atoms with van der Waals surface area (Å²) in [5, 5.41) is 0. The third-order valence-corrected chi connectivity index (χ3v) is 2.21. The van der Waals surface area contributed by atoms with Gasteiger partial charge >= 0.3 is 5.97 Å². The van der Waals surface area contributed by atoms with Crippen LogP contribution in [0.4, 0.5) is 0 Å². The van der Waals surface area contributed by atoms with Crippen LogP contribution < -0.4 is 4.74 Å². The maximum atomic E-state index is 11.5. The molecular formula is C11H13N3O3. The predicted octanol–water partition coefficient (Wildman–Crippen LogP) is 1.22. The van der Waals surface area contributed by atoms with Crippen molar-refractivity contribution in [2.24, 2.45) is 0 Å². The molecule has 2 aromatic heterocycles. The normalized spacial score (nSPS) is 10.5. The van der Waals surface area contributed by atoms with Crippen molar-refractivity contribution in [1.29, 1.82) is 0 Å². The van der Waals surface area contributed by atoms with Gasteiger partial charge in [-0.15, -0.1) is 0 Å². The zero-order valence-corrected chi connectivity index (χ0v) is 9.93. The van der Waals surface area contributed by atoms with Crippen LogP contribution in [0, 0.1) is 6.92 Å². The molecule has 0 saturated carbocycles. The second-order valence-electron chi connectivity index (χ2n) is 3.47. The number of imidazole rings is 1. The van der Waals surface area contributed by atoms with Gasteiger partial charge in [0.05, 0.1) is 19.4 Å². The Balaban J connectivity index is 2.53. The Morgan fingerprint density at radius 3 is 2.82 bits per heavy atom. The first kappa shape index (κ1) is 11.4. The van der Waals surface area contributed by atoms with E-state index in [4.69, 9.17) is 9.47 Å². The smallest absolute Gasteiger partial charge is 0.358 e. The van der Waals surface area contributed by atoms with E-state index in [-0.39, 0.29) is 5.69 Å². The number of carbonyl (C=O) groups excluding carboxylic acids is 1. The standard InChI is InChI=1S/C11H13N3O3/c1-4-17-11(15)8-6-14-5-7(2)12-10(16-3)9(14)13-8/h5-6H,4H2,1-3H3. The number of rotatable bonds is 3. The van der Waals surface area contributed by atoms with Crippen LogP contribution in [0.2, 0.25) is 0 Å². The monoisotopic (exact) mass is 235 g/mol. The van der Waals surface area contributed by atoms with E-state index in [0.717, 1.165) is 5.69 Å². The predicted molar refractivity (Wildman–Crippen MR) is 60.2 cm³/mol. The molecule has 0 aliphatic heterocycles. The van der Waals surface area contributed by atoms with E-state index in [0.29, 0.717) is 18.1 Å². The molecule has 6 nitrogen and oxygen atoms in total. The maximum Gasteiger partial charge on any atom is 0.358 e. The Hall–Kier alpha value is -2.11. The molecule has 17 heavy (non-hydrogen) atoms. The summed E-state index contributed by atoms with van der Waals surface area (Å²) >= 11 is 0. The van der Waals surface area contributed by atoms with Crippen molar-refractivity contribution in [3.8, 4) is 5.88 Å². The third kappa shape index (κ3) is 2.06. The third-order valence-electron chi connectivity index (χ3n) is 2.21. The van der Waals surface area contributed by atoms with Crippen molar-refractivity contribution in [1.82, 2.24) is 14.4 Å². The molecule has 90 valence electrons. The van der Waals surface area contributed by atoms with Crippen LogP contribution in [0.25, 0.3) is 5.65 Å². The van der Waals surface area contributed by atoms with E-state index >= 15 is 0 Å². The molecule has 2 rings (SSSR count). The van der Waals surface area contributed by atoms with E-state index < -0.39 is 5.97 Å². The molecule has 2 aromatic rings. The van der Waals surface area contributed by atoms with Crippen LogP contribution >= 0.6 is 0 Å². The van der Waals surface area contributed by atoms with Crippen molar-refractivity contribution in [2.45, 2.75) is 13.8 Å². The highest BCUT2D eigenvalue weighted by molar-refractivity contribution is 5.88. The Labute approximate surface area is 98.2 Å². The average Bonchev–Trinajstić information content (AvgIpc) is 2.71. The quantitative estimate of drug-likeness (QED) is 0.748. The molecule has 0 amide bonds. The minimum absolute atomic E-state index is 0.248. The number of methoxy groups -OCH3 is 1. The lowest BCUT2D eigenvalue weighted by atomic mass is 10.5. The van der Waals surface area contributed by atoms with Crippen LogP contribution in [0.1, 0.15) is 23.1 Å². The van der Waals surface area contributed by atoms with Gasteiger partial charge in [0.1, 0.15) is 0 Å². The molecule has 0 atom stereocenters. The second kappa shape index (κ2) is 4.40. The Kier molecular flexibility index (Phi) is 2.95. The van der Waals surface area contributed by atoms with Gasteiger partial charge in [0.25, 0.3) is 5.88 Å². The SMILES string of the molecule is CCOC(=O)c1cn2cc(C)nc(OC)c2n1. The summed E-state index contributed by atoms with van der Waals surface area (Å²) in [6, 6.07) is 0. The van der Waals surface area contributed by atoms with E-state index in [2.05, 4.69) is 9.97 Å². The fourth-order valence-electron chi connectivity index (χ4n) is 1.53. The van der Waals surface area contributed by atoms with Crippen LogP contribution in [0.5, 0.6) is 5.88 Å². The van der Waals surface area contributed by atoms with Crippen molar-refractivity contribution in [3.63, 3.8) is 0 Å². The van der Waals surface area contributed by atoms with Crippen LogP contribution in [-0.2, 0) is 4.74 Å². The molecule has 0 unspecified atom stereocenters. The molecule has 0 aromatic carbocycles. The number of esters is 1. The van der Waals surface area contributed by atoms with Crippen molar-refractivity contribution < 1.29 is 14.3 Å². The summed E-state index contributed by atoms with van der Waals surface area (Å²) < 4.78 is 11.7. The lowest BCUT2D eigenvalue weighted by molar-refractivity contribution is 0.0520. The van der Waals surface area contributed by atoms with Crippen molar-refractivity contribution >= 4 is 11.6 Å². The largest absolute Gasteiger partial charge is 0.478 e. The number of carbonyl (C=O) groups is 1. The van der Waals surface area contributed by atoms with Crippen LogP contribution in [0.15, 0.2) is 12.4 Å². The van der Waals surface area contributed by atoms with Gasteiger partial charge in [0, 0.05) is 12.4 Å². The number of hydrogen-bond acceptors (Lipinski definition) is 5. The van der Waals surface area contributed by atoms with Gasteiger partial charge in [-0.2, -0.15) is 0 Å². The molecule has 0 radical (unpaired) electrons. The van der Waals surface area contributed by atoms with Gasteiger partial charge in [0.15, 0.2) is 5.69 Å². The first-order chi connectivity index (χ1) is 8.15. The average molecular weight is 235 g/mol. The molecule has 0 aliphatic rings. The van der Waals surface area contributed by atoms with Gasteiger partial charge in [-0.1, -0.05) is 0 Å². The lowest BCUT2D eigenvalue weighted by Crippen LogP contribution is -2.04. The minimum Gasteiger partial charge on any atom is -0.478 e. The molecule has 6 heteroatoms. The molecule has 0 aliphatic carbocycles. The van der Waals surface area contributed by atoms with Crippen LogP contribution in [0.3, 0.4) is 0 Å². The van der Waals surface area contributed by atoms with Crippen LogP contribution in [-0.4, -0.2) is 34.1 Å². The topological polar surface area (TPSA) is 65.7 Å². The molecular weight excluding hydrogens is 222 g/mol.